The van der Waals surface area contributed by atoms with Crippen molar-refractivity contribution in [1.29, 1.82) is 0 Å². The van der Waals surface area contributed by atoms with E-state index in [1.807, 2.05) is 13.0 Å². The van der Waals surface area contributed by atoms with E-state index in [-0.39, 0.29) is 4.90 Å². The molecule has 98 valence electrons. The van der Waals surface area contributed by atoms with Crippen molar-refractivity contribution in [3.8, 4) is 0 Å². The number of allylic oxidation sites excluding steroid dienone is 1. The van der Waals surface area contributed by atoms with Gasteiger partial charge in [-0.25, -0.2) is 4.18 Å². The standard InChI is InChI=1S/C13H16O4S/c1-11-5-7-12(8-6-11)18(14,15)17-13(2)9-3-4-10-16-13/h4-8,10H,3,9H2,1-2H3. The Labute approximate surface area is 107 Å². The van der Waals surface area contributed by atoms with E-state index in [1.54, 1.807) is 19.1 Å². The van der Waals surface area contributed by atoms with Crippen molar-refractivity contribution in [1.82, 2.24) is 0 Å². The first kappa shape index (κ1) is 13.1. The second-order valence-corrected chi connectivity index (χ2v) is 6.06. The maximum atomic E-state index is 12.1. The zero-order chi connectivity index (χ0) is 13.2. The van der Waals surface area contributed by atoms with Crippen molar-refractivity contribution in [2.75, 3.05) is 0 Å². The van der Waals surface area contributed by atoms with E-state index in [9.17, 15) is 8.42 Å². The van der Waals surface area contributed by atoms with Crippen LogP contribution in [0.5, 0.6) is 0 Å². The fourth-order valence-electron chi connectivity index (χ4n) is 1.71. The number of hydrogen-bond donors (Lipinski definition) is 0. The summed E-state index contributed by atoms with van der Waals surface area (Å²) in [4.78, 5) is 0.146. The van der Waals surface area contributed by atoms with Gasteiger partial charge in [-0.3, -0.25) is 0 Å². The molecule has 4 nitrogen and oxygen atoms in total. The molecule has 0 radical (unpaired) electrons. The molecule has 0 fully saturated rings. The Morgan fingerprint density at radius 2 is 1.94 bits per heavy atom. The van der Waals surface area contributed by atoms with Gasteiger partial charge in [0.25, 0.3) is 10.1 Å². The largest absolute Gasteiger partial charge is 0.469 e. The van der Waals surface area contributed by atoms with Crippen LogP contribution in [0.3, 0.4) is 0 Å². The third-order valence-corrected chi connectivity index (χ3v) is 4.20. The molecule has 1 heterocycles. The Morgan fingerprint density at radius 3 is 2.50 bits per heavy atom. The van der Waals surface area contributed by atoms with Crippen LogP contribution in [0.15, 0.2) is 41.5 Å². The molecule has 18 heavy (non-hydrogen) atoms. The maximum Gasteiger partial charge on any atom is 0.300 e. The molecule has 0 spiro atoms. The highest BCUT2D eigenvalue weighted by atomic mass is 32.2. The van der Waals surface area contributed by atoms with E-state index in [1.165, 1.54) is 18.4 Å². The molecule has 1 unspecified atom stereocenters. The van der Waals surface area contributed by atoms with Gasteiger partial charge in [0.2, 0.25) is 5.79 Å². The summed E-state index contributed by atoms with van der Waals surface area (Å²) in [6, 6.07) is 6.54. The zero-order valence-electron chi connectivity index (χ0n) is 10.4. The van der Waals surface area contributed by atoms with E-state index in [0.717, 1.165) is 12.0 Å². The second-order valence-electron chi connectivity index (χ2n) is 4.51. The number of ether oxygens (including phenoxy) is 1. The fourth-order valence-corrected chi connectivity index (χ4v) is 2.86. The summed E-state index contributed by atoms with van der Waals surface area (Å²) in [6.45, 7) is 3.52. The molecule has 0 saturated carbocycles. The minimum Gasteiger partial charge on any atom is -0.469 e. The molecule has 1 aromatic rings. The van der Waals surface area contributed by atoms with E-state index in [0.29, 0.717) is 6.42 Å². The van der Waals surface area contributed by atoms with Gasteiger partial charge in [-0.1, -0.05) is 17.7 Å². The van der Waals surface area contributed by atoms with Crippen LogP contribution in [-0.2, 0) is 19.0 Å². The SMILES string of the molecule is Cc1ccc(S(=O)(=O)OC2(C)CCC=CO2)cc1. The van der Waals surface area contributed by atoms with Gasteiger partial charge in [-0.15, -0.1) is 0 Å². The molecule has 0 aromatic heterocycles. The maximum absolute atomic E-state index is 12.1. The number of aryl methyl sites for hydroxylation is 1. The lowest BCUT2D eigenvalue weighted by molar-refractivity contribution is -0.136. The smallest absolute Gasteiger partial charge is 0.300 e. The lowest BCUT2D eigenvalue weighted by atomic mass is 10.1. The molecule has 1 aliphatic heterocycles. The van der Waals surface area contributed by atoms with Crippen molar-refractivity contribution < 1.29 is 17.3 Å². The van der Waals surface area contributed by atoms with Crippen molar-refractivity contribution in [3.63, 3.8) is 0 Å². The summed E-state index contributed by atoms with van der Waals surface area (Å²) >= 11 is 0. The number of benzene rings is 1. The van der Waals surface area contributed by atoms with Crippen molar-refractivity contribution in [3.05, 3.63) is 42.2 Å². The Morgan fingerprint density at radius 1 is 1.28 bits per heavy atom. The minimum atomic E-state index is -3.79. The number of rotatable bonds is 3. The summed E-state index contributed by atoms with van der Waals surface area (Å²) < 4.78 is 34.6. The molecule has 0 aliphatic carbocycles. The van der Waals surface area contributed by atoms with Gasteiger partial charge in [0, 0.05) is 13.3 Å². The lowest BCUT2D eigenvalue weighted by Crippen LogP contribution is -2.34. The average molecular weight is 268 g/mol. The summed E-state index contributed by atoms with van der Waals surface area (Å²) in [5.41, 5.74) is 0.997. The van der Waals surface area contributed by atoms with E-state index >= 15 is 0 Å². The molecular formula is C13H16O4S. The molecule has 0 saturated heterocycles. The molecular weight excluding hydrogens is 252 g/mol. The van der Waals surface area contributed by atoms with Crippen LogP contribution in [0, 0.1) is 6.92 Å². The van der Waals surface area contributed by atoms with Crippen LogP contribution in [-0.4, -0.2) is 14.2 Å². The van der Waals surface area contributed by atoms with Crippen LogP contribution in [0.1, 0.15) is 25.3 Å². The van der Waals surface area contributed by atoms with Gasteiger partial charge >= 0.3 is 0 Å². The van der Waals surface area contributed by atoms with Crippen LogP contribution in [0.25, 0.3) is 0 Å². The van der Waals surface area contributed by atoms with E-state index in [2.05, 4.69) is 0 Å². The molecule has 5 heteroatoms. The van der Waals surface area contributed by atoms with Crippen LogP contribution < -0.4 is 0 Å². The summed E-state index contributed by atoms with van der Waals surface area (Å²) in [7, 11) is -3.79. The topological polar surface area (TPSA) is 52.6 Å². The van der Waals surface area contributed by atoms with E-state index in [4.69, 9.17) is 8.92 Å². The summed E-state index contributed by atoms with van der Waals surface area (Å²) in [6.07, 6.45) is 4.56. The molecule has 1 aliphatic rings. The predicted octanol–water partition coefficient (Wildman–Crippen LogP) is 2.74. The molecule has 1 aromatic carbocycles. The van der Waals surface area contributed by atoms with Crippen molar-refractivity contribution in [2.45, 2.75) is 37.4 Å². The molecule has 0 amide bonds. The molecule has 0 N–H and O–H groups in total. The van der Waals surface area contributed by atoms with Crippen LogP contribution >= 0.6 is 0 Å². The summed E-state index contributed by atoms with van der Waals surface area (Å²) in [5.74, 6) is -1.11. The van der Waals surface area contributed by atoms with E-state index < -0.39 is 15.9 Å². The summed E-state index contributed by atoms with van der Waals surface area (Å²) in [5, 5.41) is 0. The zero-order valence-corrected chi connectivity index (χ0v) is 11.2. The monoisotopic (exact) mass is 268 g/mol. The normalized spacial score (nSPS) is 23.7. The van der Waals surface area contributed by atoms with Gasteiger partial charge in [-0.05, 0) is 31.6 Å². The Balaban J connectivity index is 2.21. The Hall–Kier alpha value is -1.33. The highest BCUT2D eigenvalue weighted by molar-refractivity contribution is 7.86. The first-order valence-electron chi connectivity index (χ1n) is 5.76. The average Bonchev–Trinajstić information content (AvgIpc) is 2.29. The molecule has 2 rings (SSSR count). The third kappa shape index (κ3) is 2.91. The van der Waals surface area contributed by atoms with Crippen molar-refractivity contribution >= 4 is 10.1 Å². The van der Waals surface area contributed by atoms with Gasteiger partial charge in [0.05, 0.1) is 11.2 Å². The number of hydrogen-bond acceptors (Lipinski definition) is 4. The first-order valence-corrected chi connectivity index (χ1v) is 7.17. The Kier molecular flexibility index (Phi) is 3.45. The van der Waals surface area contributed by atoms with Crippen LogP contribution in [0.4, 0.5) is 0 Å². The van der Waals surface area contributed by atoms with Crippen molar-refractivity contribution in [2.24, 2.45) is 0 Å². The quantitative estimate of drug-likeness (QED) is 0.791. The van der Waals surface area contributed by atoms with Gasteiger partial charge in [0.15, 0.2) is 0 Å². The second kappa shape index (κ2) is 4.74. The lowest BCUT2D eigenvalue weighted by Gasteiger charge is -2.30. The highest BCUT2D eigenvalue weighted by Gasteiger charge is 2.34. The third-order valence-electron chi connectivity index (χ3n) is 2.77. The fraction of sp³-hybridized carbons (Fsp3) is 0.385. The first-order chi connectivity index (χ1) is 8.41. The van der Waals surface area contributed by atoms with Gasteiger partial charge in [-0.2, -0.15) is 8.42 Å². The van der Waals surface area contributed by atoms with Gasteiger partial charge < -0.3 is 4.74 Å². The molecule has 0 bridgehead atoms. The highest BCUT2D eigenvalue weighted by Crippen LogP contribution is 2.28. The van der Waals surface area contributed by atoms with Crippen LogP contribution in [0.2, 0.25) is 0 Å². The Bertz CT molecular complexity index is 545. The predicted molar refractivity (Wildman–Crippen MR) is 67.3 cm³/mol. The minimum absolute atomic E-state index is 0.146. The van der Waals surface area contributed by atoms with Gasteiger partial charge in [0.1, 0.15) is 0 Å². The molecule has 1 atom stereocenters.